The Balaban J connectivity index is 1.55. The standard InChI is InChI=1S/C25H23FN4/c1-18(27-23-8-4-3-5-9-23)17-20-7-6-10-24(16-11-20)30-19(2)28-29-25(30)21-12-14-22(26)15-13-21/h3-15H,16-17H2,1-2H3. The average molecular weight is 398 g/mol. The van der Waals surface area contributed by atoms with Crippen LogP contribution in [0.1, 0.15) is 25.6 Å². The molecule has 1 aliphatic carbocycles. The molecule has 2 aromatic carbocycles. The van der Waals surface area contributed by atoms with Gasteiger partial charge in [0, 0.05) is 29.8 Å². The van der Waals surface area contributed by atoms with Gasteiger partial charge in [0.15, 0.2) is 5.82 Å². The summed E-state index contributed by atoms with van der Waals surface area (Å²) in [7, 11) is 0. The van der Waals surface area contributed by atoms with E-state index < -0.39 is 0 Å². The van der Waals surface area contributed by atoms with E-state index >= 15 is 0 Å². The van der Waals surface area contributed by atoms with Crippen LogP contribution in [-0.4, -0.2) is 20.5 Å². The van der Waals surface area contributed by atoms with Gasteiger partial charge in [-0.05, 0) is 61.9 Å². The van der Waals surface area contributed by atoms with Crippen molar-refractivity contribution in [1.29, 1.82) is 0 Å². The molecule has 1 aliphatic rings. The predicted octanol–water partition coefficient (Wildman–Crippen LogP) is 6.30. The van der Waals surface area contributed by atoms with E-state index in [9.17, 15) is 4.39 Å². The molecule has 0 bridgehead atoms. The molecule has 0 aliphatic heterocycles. The molecule has 4 nitrogen and oxygen atoms in total. The summed E-state index contributed by atoms with van der Waals surface area (Å²) < 4.78 is 15.4. The number of rotatable bonds is 5. The Labute approximate surface area is 175 Å². The first-order valence-electron chi connectivity index (χ1n) is 9.94. The molecule has 0 fully saturated rings. The molecule has 0 saturated heterocycles. The molecule has 1 heterocycles. The van der Waals surface area contributed by atoms with Gasteiger partial charge in [-0.2, -0.15) is 0 Å². The highest BCUT2D eigenvalue weighted by atomic mass is 19.1. The Morgan fingerprint density at radius 1 is 1.07 bits per heavy atom. The minimum Gasteiger partial charge on any atom is -0.283 e. The summed E-state index contributed by atoms with van der Waals surface area (Å²) in [6, 6.07) is 16.3. The molecule has 30 heavy (non-hydrogen) atoms. The van der Waals surface area contributed by atoms with Crippen molar-refractivity contribution in [2.75, 3.05) is 0 Å². The number of allylic oxidation sites excluding steroid dienone is 6. The van der Waals surface area contributed by atoms with Gasteiger partial charge in [0.1, 0.15) is 11.6 Å². The lowest BCUT2D eigenvalue weighted by molar-refractivity contribution is 0.628. The summed E-state index contributed by atoms with van der Waals surface area (Å²) in [5.41, 5.74) is 5.15. The molecule has 0 unspecified atom stereocenters. The smallest absolute Gasteiger partial charge is 0.168 e. The monoisotopic (exact) mass is 398 g/mol. The SMILES string of the molecule is CC(CC1=CCC(n2c(C)nnc2-c2ccc(F)cc2)=CC=C1)=Nc1ccccc1. The van der Waals surface area contributed by atoms with E-state index in [0.717, 1.165) is 41.3 Å². The van der Waals surface area contributed by atoms with Gasteiger partial charge in [0.2, 0.25) is 0 Å². The number of nitrogens with zero attached hydrogens (tertiary/aromatic N) is 4. The highest BCUT2D eigenvalue weighted by Crippen LogP contribution is 2.26. The molecule has 4 rings (SSSR count). The maximum atomic E-state index is 13.3. The Hall–Kier alpha value is -3.60. The van der Waals surface area contributed by atoms with Crippen LogP contribution in [0.2, 0.25) is 0 Å². The van der Waals surface area contributed by atoms with Gasteiger partial charge in [-0.15, -0.1) is 10.2 Å². The normalized spacial score (nSPS) is 14.3. The molecule has 0 amide bonds. The molecule has 150 valence electrons. The van der Waals surface area contributed by atoms with Crippen molar-refractivity contribution in [2.24, 2.45) is 4.99 Å². The van der Waals surface area contributed by atoms with E-state index in [0.29, 0.717) is 5.82 Å². The third-order valence-electron chi connectivity index (χ3n) is 4.92. The molecule has 1 aromatic heterocycles. The molecular weight excluding hydrogens is 375 g/mol. The van der Waals surface area contributed by atoms with Crippen LogP contribution < -0.4 is 0 Å². The molecule has 0 spiro atoms. The zero-order valence-electron chi connectivity index (χ0n) is 17.1. The van der Waals surface area contributed by atoms with Crippen LogP contribution in [0.4, 0.5) is 10.1 Å². The van der Waals surface area contributed by atoms with Crippen LogP contribution in [0.5, 0.6) is 0 Å². The second-order valence-corrected chi connectivity index (χ2v) is 7.27. The molecule has 0 atom stereocenters. The van der Waals surface area contributed by atoms with Crippen LogP contribution in [0.15, 0.2) is 89.5 Å². The average Bonchev–Trinajstić information content (AvgIpc) is 2.98. The maximum Gasteiger partial charge on any atom is 0.168 e. The number of hydrogen-bond donors (Lipinski definition) is 0. The van der Waals surface area contributed by atoms with E-state index in [-0.39, 0.29) is 5.82 Å². The second kappa shape index (κ2) is 8.82. The van der Waals surface area contributed by atoms with Gasteiger partial charge >= 0.3 is 0 Å². The number of aliphatic imine (C=N–C) groups is 1. The molecule has 5 heteroatoms. The summed E-state index contributed by atoms with van der Waals surface area (Å²) in [4.78, 5) is 4.70. The van der Waals surface area contributed by atoms with Gasteiger partial charge in [0.05, 0.1) is 5.69 Å². The van der Waals surface area contributed by atoms with Crippen molar-refractivity contribution < 1.29 is 4.39 Å². The Morgan fingerprint density at radius 2 is 1.83 bits per heavy atom. The fraction of sp³-hybridized carbons (Fsp3) is 0.160. The lowest BCUT2D eigenvalue weighted by Crippen LogP contribution is -2.02. The molecule has 0 radical (unpaired) electrons. The van der Waals surface area contributed by atoms with E-state index in [1.807, 2.05) is 41.8 Å². The summed E-state index contributed by atoms with van der Waals surface area (Å²) in [5, 5.41) is 8.57. The van der Waals surface area contributed by atoms with Crippen LogP contribution in [0.3, 0.4) is 0 Å². The second-order valence-electron chi connectivity index (χ2n) is 7.27. The van der Waals surface area contributed by atoms with E-state index in [1.165, 1.54) is 17.7 Å². The summed E-state index contributed by atoms with van der Waals surface area (Å²) >= 11 is 0. The van der Waals surface area contributed by atoms with Crippen LogP contribution in [0.25, 0.3) is 17.1 Å². The van der Waals surface area contributed by atoms with Gasteiger partial charge in [-0.3, -0.25) is 9.56 Å². The quantitative estimate of drug-likeness (QED) is 0.473. The number of para-hydroxylation sites is 1. The van der Waals surface area contributed by atoms with Crippen molar-refractivity contribution in [3.8, 4) is 11.4 Å². The number of aryl methyl sites for hydroxylation is 1. The third kappa shape index (κ3) is 4.51. The Bertz CT molecular complexity index is 1150. The van der Waals surface area contributed by atoms with E-state index in [1.54, 1.807) is 12.1 Å². The third-order valence-corrected chi connectivity index (χ3v) is 4.92. The van der Waals surface area contributed by atoms with Crippen molar-refractivity contribution in [1.82, 2.24) is 14.8 Å². The maximum absolute atomic E-state index is 13.3. The van der Waals surface area contributed by atoms with Gasteiger partial charge in [0.25, 0.3) is 0 Å². The van der Waals surface area contributed by atoms with E-state index in [2.05, 4.69) is 41.4 Å². The van der Waals surface area contributed by atoms with Crippen molar-refractivity contribution in [3.63, 3.8) is 0 Å². The fourth-order valence-electron chi connectivity index (χ4n) is 3.50. The first-order chi connectivity index (χ1) is 14.6. The van der Waals surface area contributed by atoms with Crippen molar-refractivity contribution >= 4 is 17.1 Å². The topological polar surface area (TPSA) is 43.1 Å². The lowest BCUT2D eigenvalue weighted by Gasteiger charge is -2.11. The molecule has 0 N–H and O–H groups in total. The first-order valence-corrected chi connectivity index (χ1v) is 9.94. The molecule has 0 saturated carbocycles. The number of aromatic nitrogens is 3. The molecule has 3 aromatic rings. The van der Waals surface area contributed by atoms with E-state index in [4.69, 9.17) is 4.99 Å². The zero-order chi connectivity index (χ0) is 20.9. The minimum absolute atomic E-state index is 0.265. The Morgan fingerprint density at radius 3 is 2.60 bits per heavy atom. The Kier molecular flexibility index (Phi) is 5.80. The van der Waals surface area contributed by atoms with Crippen molar-refractivity contribution in [2.45, 2.75) is 26.7 Å². The van der Waals surface area contributed by atoms with Gasteiger partial charge in [-0.25, -0.2) is 4.39 Å². The van der Waals surface area contributed by atoms with Crippen LogP contribution in [-0.2, 0) is 0 Å². The predicted molar refractivity (Wildman–Crippen MR) is 120 cm³/mol. The fourth-order valence-corrected chi connectivity index (χ4v) is 3.50. The first kappa shape index (κ1) is 19.7. The summed E-state index contributed by atoms with van der Waals surface area (Å²) in [5.74, 6) is 1.25. The lowest BCUT2D eigenvalue weighted by atomic mass is 10.1. The molecular formula is C25H23FN4. The highest BCUT2D eigenvalue weighted by Gasteiger charge is 2.15. The van der Waals surface area contributed by atoms with Crippen molar-refractivity contribution in [3.05, 3.63) is 96.1 Å². The van der Waals surface area contributed by atoms with Gasteiger partial charge < -0.3 is 0 Å². The minimum atomic E-state index is -0.265. The number of halogens is 1. The number of hydrogen-bond acceptors (Lipinski definition) is 3. The number of benzene rings is 2. The summed E-state index contributed by atoms with van der Waals surface area (Å²) in [6.45, 7) is 3.98. The zero-order valence-corrected chi connectivity index (χ0v) is 17.1. The van der Waals surface area contributed by atoms with Gasteiger partial charge in [-0.1, -0.05) is 36.4 Å². The van der Waals surface area contributed by atoms with Crippen LogP contribution >= 0.6 is 0 Å². The summed E-state index contributed by atoms with van der Waals surface area (Å²) in [6.07, 6.45) is 10.0. The highest BCUT2D eigenvalue weighted by molar-refractivity contribution is 5.87. The van der Waals surface area contributed by atoms with Crippen LogP contribution in [0, 0.1) is 12.7 Å². The largest absolute Gasteiger partial charge is 0.283 e.